The van der Waals surface area contributed by atoms with E-state index >= 15 is 0 Å². The molecule has 0 aromatic rings. The van der Waals surface area contributed by atoms with Crippen molar-refractivity contribution in [1.82, 2.24) is 5.32 Å². The molecule has 0 aliphatic carbocycles. The Morgan fingerprint density at radius 2 is 0.633 bits per heavy atom. The number of carbonyl (C=O) groups excluding carboxylic acids is 2. The fraction of sp³-hybridized carbons (Fsp3) is 0.890. The second-order valence-electron chi connectivity index (χ2n) is 24.6. The monoisotopic (exact) mass is 1110 g/mol. The molecular formula is C73H139NO5. The Balaban J connectivity index is 3.42. The third-order valence-electron chi connectivity index (χ3n) is 16.7. The maximum absolute atomic E-state index is 12.6. The molecule has 0 spiro atoms. The van der Waals surface area contributed by atoms with Crippen LogP contribution >= 0.6 is 0 Å². The number of nitrogens with one attached hydrogen (secondary N) is 1. The molecule has 0 aliphatic heterocycles. The van der Waals surface area contributed by atoms with Gasteiger partial charge in [-0.1, -0.05) is 333 Å². The molecule has 0 fully saturated rings. The average molecular weight is 1110 g/mol. The maximum atomic E-state index is 12.6. The van der Waals surface area contributed by atoms with Crippen molar-refractivity contribution in [1.29, 1.82) is 0 Å². The van der Waals surface area contributed by atoms with Crippen molar-refractivity contribution in [2.75, 3.05) is 13.2 Å². The first-order valence-corrected chi connectivity index (χ1v) is 35.7. The fourth-order valence-corrected chi connectivity index (χ4v) is 11.2. The highest BCUT2D eigenvalue weighted by atomic mass is 16.5. The third kappa shape index (κ3) is 65.1. The van der Waals surface area contributed by atoms with Gasteiger partial charge in [-0.3, -0.25) is 9.59 Å². The third-order valence-corrected chi connectivity index (χ3v) is 16.7. The minimum Gasteiger partial charge on any atom is -0.466 e. The number of aliphatic hydroxyl groups is 2. The SMILES string of the molecule is CCCCC/C=C\C/C=C\CCCCCCCCCC(=O)OCCCCCCCCCCC/C=C\CCCCCCCCCC(=O)NC(CO)C(O)CCCCCCCCCCCCCCCCCCCCCCCCCCC. The molecule has 0 bridgehead atoms. The van der Waals surface area contributed by atoms with Crippen LogP contribution in [0.25, 0.3) is 0 Å². The molecule has 1 amide bonds. The Kier molecular flexibility index (Phi) is 66.9. The summed E-state index contributed by atoms with van der Waals surface area (Å²) in [4.78, 5) is 24.7. The van der Waals surface area contributed by atoms with Crippen molar-refractivity contribution in [2.24, 2.45) is 0 Å². The average Bonchev–Trinajstić information content (AvgIpc) is 3.45. The Hall–Kier alpha value is -1.92. The van der Waals surface area contributed by atoms with Crippen LogP contribution in [0.15, 0.2) is 36.5 Å². The molecule has 0 saturated heterocycles. The van der Waals surface area contributed by atoms with Crippen molar-refractivity contribution >= 4 is 11.9 Å². The highest BCUT2D eigenvalue weighted by Gasteiger charge is 2.20. The lowest BCUT2D eigenvalue weighted by molar-refractivity contribution is -0.143. The number of ether oxygens (including phenoxy) is 1. The number of hydrogen-bond acceptors (Lipinski definition) is 5. The van der Waals surface area contributed by atoms with Gasteiger partial charge in [0, 0.05) is 12.8 Å². The van der Waals surface area contributed by atoms with Gasteiger partial charge in [0.05, 0.1) is 25.4 Å². The highest BCUT2D eigenvalue weighted by molar-refractivity contribution is 5.76. The summed E-state index contributed by atoms with van der Waals surface area (Å²) >= 11 is 0. The largest absolute Gasteiger partial charge is 0.466 e. The molecule has 2 atom stereocenters. The van der Waals surface area contributed by atoms with Gasteiger partial charge in [-0.15, -0.1) is 0 Å². The van der Waals surface area contributed by atoms with Gasteiger partial charge in [0.1, 0.15) is 0 Å². The van der Waals surface area contributed by atoms with Gasteiger partial charge in [0.15, 0.2) is 0 Å². The van der Waals surface area contributed by atoms with E-state index in [1.807, 2.05) is 0 Å². The number of carbonyl (C=O) groups is 2. The van der Waals surface area contributed by atoms with Crippen LogP contribution in [0.3, 0.4) is 0 Å². The van der Waals surface area contributed by atoms with Crippen LogP contribution in [0, 0.1) is 0 Å². The van der Waals surface area contributed by atoms with Crippen LogP contribution < -0.4 is 5.32 Å². The van der Waals surface area contributed by atoms with E-state index in [9.17, 15) is 19.8 Å². The zero-order chi connectivity index (χ0) is 57.1. The van der Waals surface area contributed by atoms with E-state index < -0.39 is 12.1 Å². The summed E-state index contributed by atoms with van der Waals surface area (Å²) in [6.45, 7) is 4.95. The van der Waals surface area contributed by atoms with Gasteiger partial charge in [0.25, 0.3) is 0 Å². The summed E-state index contributed by atoms with van der Waals surface area (Å²) in [5, 5.41) is 23.4. The van der Waals surface area contributed by atoms with Crippen molar-refractivity contribution in [3.8, 4) is 0 Å². The van der Waals surface area contributed by atoms with Crippen LogP contribution in [0.1, 0.15) is 393 Å². The molecule has 3 N–H and O–H groups in total. The number of hydrogen-bond donors (Lipinski definition) is 3. The van der Waals surface area contributed by atoms with Gasteiger partial charge in [-0.25, -0.2) is 0 Å². The van der Waals surface area contributed by atoms with Crippen LogP contribution in [0.4, 0.5) is 0 Å². The molecule has 0 heterocycles. The first-order valence-electron chi connectivity index (χ1n) is 35.7. The molecule has 2 unspecified atom stereocenters. The van der Waals surface area contributed by atoms with E-state index in [0.717, 1.165) is 51.4 Å². The molecule has 0 aliphatic rings. The van der Waals surface area contributed by atoms with Crippen LogP contribution in [0.2, 0.25) is 0 Å². The number of rotatable bonds is 67. The van der Waals surface area contributed by atoms with Crippen LogP contribution in [0.5, 0.6) is 0 Å². The lowest BCUT2D eigenvalue weighted by atomic mass is 10.0. The molecular weight excluding hydrogens is 971 g/mol. The second kappa shape index (κ2) is 68.6. The van der Waals surface area contributed by atoms with E-state index in [0.29, 0.717) is 25.9 Å². The number of esters is 1. The molecule has 0 aromatic heterocycles. The van der Waals surface area contributed by atoms with Gasteiger partial charge in [-0.2, -0.15) is 0 Å². The predicted molar refractivity (Wildman–Crippen MR) is 347 cm³/mol. The molecule has 466 valence electrons. The van der Waals surface area contributed by atoms with Gasteiger partial charge >= 0.3 is 5.97 Å². The summed E-state index contributed by atoms with van der Waals surface area (Å²) in [6.07, 6.45) is 87.6. The fourth-order valence-electron chi connectivity index (χ4n) is 11.2. The van der Waals surface area contributed by atoms with E-state index in [-0.39, 0.29) is 18.5 Å². The number of allylic oxidation sites excluding steroid dienone is 6. The lowest BCUT2D eigenvalue weighted by Gasteiger charge is -2.22. The summed E-state index contributed by atoms with van der Waals surface area (Å²) in [5.41, 5.74) is 0. The zero-order valence-corrected chi connectivity index (χ0v) is 53.4. The summed E-state index contributed by atoms with van der Waals surface area (Å²) < 4.78 is 5.49. The van der Waals surface area contributed by atoms with Crippen LogP contribution in [-0.4, -0.2) is 47.4 Å². The Labute approximate surface area is 494 Å². The smallest absolute Gasteiger partial charge is 0.305 e. The quantitative estimate of drug-likeness (QED) is 0.0320. The van der Waals surface area contributed by atoms with Crippen molar-refractivity contribution < 1.29 is 24.5 Å². The maximum Gasteiger partial charge on any atom is 0.305 e. The zero-order valence-electron chi connectivity index (χ0n) is 53.4. The topological polar surface area (TPSA) is 95.9 Å². The first kappa shape index (κ1) is 77.1. The van der Waals surface area contributed by atoms with E-state index in [4.69, 9.17) is 4.74 Å². The lowest BCUT2D eigenvalue weighted by Crippen LogP contribution is -2.45. The normalized spacial score (nSPS) is 12.7. The molecule has 0 saturated carbocycles. The Morgan fingerprint density at radius 1 is 0.354 bits per heavy atom. The minimum absolute atomic E-state index is 0.000673. The summed E-state index contributed by atoms with van der Waals surface area (Å²) in [7, 11) is 0. The molecule has 6 nitrogen and oxygen atoms in total. The molecule has 6 heteroatoms. The Bertz CT molecular complexity index is 1280. The number of aliphatic hydroxyl groups excluding tert-OH is 2. The van der Waals surface area contributed by atoms with E-state index in [1.165, 1.54) is 308 Å². The Morgan fingerprint density at radius 3 is 1.00 bits per heavy atom. The van der Waals surface area contributed by atoms with Crippen molar-refractivity contribution in [3.05, 3.63) is 36.5 Å². The second-order valence-corrected chi connectivity index (χ2v) is 24.6. The number of unbranched alkanes of at least 4 members (excludes halogenated alkanes) is 50. The minimum atomic E-state index is -0.672. The van der Waals surface area contributed by atoms with Crippen molar-refractivity contribution in [3.63, 3.8) is 0 Å². The summed E-state index contributed by atoms with van der Waals surface area (Å²) in [5.74, 6) is -0.0402. The molecule has 0 aromatic carbocycles. The molecule has 0 rings (SSSR count). The predicted octanol–water partition coefficient (Wildman–Crippen LogP) is 23.1. The van der Waals surface area contributed by atoms with Gasteiger partial charge in [-0.05, 0) is 83.5 Å². The van der Waals surface area contributed by atoms with Crippen molar-refractivity contribution in [2.45, 2.75) is 405 Å². The highest BCUT2D eigenvalue weighted by Crippen LogP contribution is 2.19. The van der Waals surface area contributed by atoms with Crippen LogP contribution in [-0.2, 0) is 14.3 Å². The first-order chi connectivity index (χ1) is 39.0. The molecule has 79 heavy (non-hydrogen) atoms. The van der Waals surface area contributed by atoms with Gasteiger partial charge < -0.3 is 20.3 Å². The van der Waals surface area contributed by atoms with E-state index in [2.05, 4.69) is 55.6 Å². The standard InChI is InChI=1S/C73H139NO5/c1-3-5-7-9-11-13-15-17-19-21-22-23-24-25-26-27-30-34-37-41-45-49-53-57-61-65-71(76)70(69-75)74-72(77)66-62-58-54-50-46-42-38-35-31-28-29-32-36-40-44-48-52-56-60-64-68-79-73(78)67-63-59-55-51-47-43-39-33-20-18-16-14-12-10-8-6-4-2/h12,14,18,20,28,31,70-71,75-76H,3-11,13,15-17,19,21-27,29-30,32-69H2,1-2H3,(H,74,77)/b14-12-,20-18-,31-28-. The van der Waals surface area contributed by atoms with Gasteiger partial charge in [0.2, 0.25) is 5.91 Å². The van der Waals surface area contributed by atoms with E-state index in [1.54, 1.807) is 0 Å². The number of amides is 1. The molecule has 0 radical (unpaired) electrons. The summed E-state index contributed by atoms with van der Waals surface area (Å²) in [6, 6.07) is -0.550.